The predicted molar refractivity (Wildman–Crippen MR) is 50.2 cm³/mol. The average Bonchev–Trinajstić information content (AvgIpc) is 2.57. The third-order valence-electron chi connectivity index (χ3n) is 2.39. The van der Waals surface area contributed by atoms with Gasteiger partial charge in [0.15, 0.2) is 0 Å². The molecule has 0 spiro atoms. The number of aliphatic hydroxyl groups excluding tert-OH is 1. The number of hydrogen-bond donors (Lipinski definition) is 2. The highest BCUT2D eigenvalue weighted by Crippen LogP contribution is 2.05. The van der Waals surface area contributed by atoms with Gasteiger partial charge in [0.25, 0.3) is 0 Å². The molecule has 0 amide bonds. The number of aliphatic hydroxyl groups is 1. The second-order valence-corrected chi connectivity index (χ2v) is 3.59. The standard InChI is InChI=1S/C9H20N2O/c1-9(8-12)10-4-7-11-5-2-3-6-11/h9-10,12H,2-8H2,1H3. The van der Waals surface area contributed by atoms with E-state index >= 15 is 0 Å². The third kappa shape index (κ3) is 3.52. The van der Waals surface area contributed by atoms with Gasteiger partial charge < -0.3 is 15.3 Å². The van der Waals surface area contributed by atoms with E-state index < -0.39 is 0 Å². The quantitative estimate of drug-likeness (QED) is 0.615. The van der Waals surface area contributed by atoms with Gasteiger partial charge in [-0.1, -0.05) is 0 Å². The Morgan fingerprint density at radius 3 is 2.67 bits per heavy atom. The largest absolute Gasteiger partial charge is 0.395 e. The zero-order chi connectivity index (χ0) is 8.81. The van der Waals surface area contributed by atoms with Crippen molar-refractivity contribution in [3.05, 3.63) is 0 Å². The number of hydrogen-bond acceptors (Lipinski definition) is 3. The highest BCUT2D eigenvalue weighted by Gasteiger charge is 2.10. The summed E-state index contributed by atoms with van der Waals surface area (Å²) in [6.07, 6.45) is 2.71. The minimum atomic E-state index is 0.236. The number of rotatable bonds is 5. The minimum absolute atomic E-state index is 0.236. The van der Waals surface area contributed by atoms with Gasteiger partial charge in [-0.25, -0.2) is 0 Å². The van der Waals surface area contributed by atoms with E-state index in [-0.39, 0.29) is 12.6 Å². The maximum atomic E-state index is 8.75. The van der Waals surface area contributed by atoms with Crippen LogP contribution in [0.2, 0.25) is 0 Å². The van der Waals surface area contributed by atoms with Crippen LogP contribution in [0.4, 0.5) is 0 Å². The molecule has 1 unspecified atom stereocenters. The first-order chi connectivity index (χ1) is 5.83. The molecule has 1 fully saturated rings. The van der Waals surface area contributed by atoms with Crippen molar-refractivity contribution in [2.24, 2.45) is 0 Å². The van der Waals surface area contributed by atoms with E-state index in [9.17, 15) is 0 Å². The summed E-state index contributed by atoms with van der Waals surface area (Å²) < 4.78 is 0. The van der Waals surface area contributed by atoms with Crippen molar-refractivity contribution in [2.75, 3.05) is 32.8 Å². The topological polar surface area (TPSA) is 35.5 Å². The van der Waals surface area contributed by atoms with Crippen molar-refractivity contribution in [3.8, 4) is 0 Å². The van der Waals surface area contributed by atoms with Crippen LogP contribution < -0.4 is 5.32 Å². The van der Waals surface area contributed by atoms with Gasteiger partial charge in [-0.05, 0) is 32.9 Å². The molecule has 0 radical (unpaired) electrons. The first-order valence-electron chi connectivity index (χ1n) is 4.89. The summed E-state index contributed by atoms with van der Waals surface area (Å²) in [5, 5.41) is 12.0. The maximum absolute atomic E-state index is 8.75. The van der Waals surface area contributed by atoms with Crippen LogP contribution in [0.15, 0.2) is 0 Å². The maximum Gasteiger partial charge on any atom is 0.0581 e. The van der Waals surface area contributed by atoms with Crippen LogP contribution in [0.3, 0.4) is 0 Å². The van der Waals surface area contributed by atoms with Gasteiger partial charge in [-0.3, -0.25) is 0 Å². The Kier molecular flexibility index (Phi) is 4.58. The molecule has 0 aliphatic carbocycles. The van der Waals surface area contributed by atoms with E-state index in [1.165, 1.54) is 25.9 Å². The third-order valence-corrected chi connectivity index (χ3v) is 2.39. The van der Waals surface area contributed by atoms with Gasteiger partial charge in [-0.2, -0.15) is 0 Å². The SMILES string of the molecule is CC(CO)NCCN1CCCC1. The van der Waals surface area contributed by atoms with Gasteiger partial charge in [-0.15, -0.1) is 0 Å². The summed E-state index contributed by atoms with van der Waals surface area (Å²) in [5.74, 6) is 0. The molecule has 3 heteroatoms. The van der Waals surface area contributed by atoms with Crippen LogP contribution in [-0.2, 0) is 0 Å². The van der Waals surface area contributed by atoms with Crippen LogP contribution in [-0.4, -0.2) is 48.8 Å². The summed E-state index contributed by atoms with van der Waals surface area (Å²) >= 11 is 0. The molecule has 1 rings (SSSR count). The van der Waals surface area contributed by atoms with Gasteiger partial charge in [0, 0.05) is 19.1 Å². The molecule has 1 heterocycles. The second kappa shape index (κ2) is 5.51. The van der Waals surface area contributed by atoms with Crippen LogP contribution in [0.5, 0.6) is 0 Å². The lowest BCUT2D eigenvalue weighted by Gasteiger charge is -2.16. The molecule has 0 bridgehead atoms. The predicted octanol–water partition coefficient (Wildman–Crippen LogP) is 0.0526. The highest BCUT2D eigenvalue weighted by molar-refractivity contribution is 4.68. The molecule has 1 aliphatic rings. The van der Waals surface area contributed by atoms with E-state index in [0.29, 0.717) is 0 Å². The summed E-state index contributed by atoms with van der Waals surface area (Å²) in [5.41, 5.74) is 0. The molecule has 12 heavy (non-hydrogen) atoms. The number of nitrogens with zero attached hydrogens (tertiary/aromatic N) is 1. The highest BCUT2D eigenvalue weighted by atomic mass is 16.3. The Morgan fingerprint density at radius 2 is 2.08 bits per heavy atom. The van der Waals surface area contributed by atoms with E-state index in [2.05, 4.69) is 10.2 Å². The lowest BCUT2D eigenvalue weighted by atomic mass is 10.3. The van der Waals surface area contributed by atoms with Gasteiger partial charge in [0.1, 0.15) is 0 Å². The van der Waals surface area contributed by atoms with Crippen molar-refractivity contribution >= 4 is 0 Å². The fraction of sp³-hybridized carbons (Fsp3) is 1.00. The molecule has 0 aromatic rings. The van der Waals surface area contributed by atoms with E-state index in [0.717, 1.165) is 13.1 Å². The molecule has 72 valence electrons. The zero-order valence-corrected chi connectivity index (χ0v) is 7.92. The lowest BCUT2D eigenvalue weighted by Crippen LogP contribution is -2.36. The van der Waals surface area contributed by atoms with Crippen LogP contribution in [0.25, 0.3) is 0 Å². The van der Waals surface area contributed by atoms with E-state index in [1.54, 1.807) is 0 Å². The second-order valence-electron chi connectivity index (χ2n) is 3.59. The van der Waals surface area contributed by atoms with Crippen LogP contribution in [0, 0.1) is 0 Å². The lowest BCUT2D eigenvalue weighted by molar-refractivity contribution is 0.244. The normalized spacial score (nSPS) is 21.5. The van der Waals surface area contributed by atoms with Crippen molar-refractivity contribution < 1.29 is 5.11 Å². The van der Waals surface area contributed by atoms with Crippen LogP contribution in [0.1, 0.15) is 19.8 Å². The molecular formula is C9H20N2O. The molecule has 3 nitrogen and oxygen atoms in total. The van der Waals surface area contributed by atoms with E-state index in [1.807, 2.05) is 6.92 Å². The Labute approximate surface area is 74.8 Å². The Hall–Kier alpha value is -0.120. The average molecular weight is 172 g/mol. The van der Waals surface area contributed by atoms with Gasteiger partial charge >= 0.3 is 0 Å². The Balaban J connectivity index is 1.94. The van der Waals surface area contributed by atoms with Gasteiger partial charge in [0.2, 0.25) is 0 Å². The fourth-order valence-electron chi connectivity index (χ4n) is 1.54. The molecule has 2 N–H and O–H groups in total. The summed E-state index contributed by atoms with van der Waals surface area (Å²) in [4.78, 5) is 2.47. The molecule has 0 aromatic heterocycles. The summed E-state index contributed by atoms with van der Waals surface area (Å²) in [7, 11) is 0. The van der Waals surface area contributed by atoms with Crippen molar-refractivity contribution in [1.29, 1.82) is 0 Å². The van der Waals surface area contributed by atoms with Crippen molar-refractivity contribution in [3.63, 3.8) is 0 Å². The molecule has 1 atom stereocenters. The Morgan fingerprint density at radius 1 is 1.42 bits per heavy atom. The monoisotopic (exact) mass is 172 g/mol. The Bertz CT molecular complexity index is 113. The molecular weight excluding hydrogens is 152 g/mol. The fourth-order valence-corrected chi connectivity index (χ4v) is 1.54. The molecule has 1 aliphatic heterocycles. The first kappa shape index (κ1) is 9.96. The summed E-state index contributed by atoms with van der Waals surface area (Å²) in [6, 6.07) is 0.243. The molecule has 1 saturated heterocycles. The van der Waals surface area contributed by atoms with E-state index in [4.69, 9.17) is 5.11 Å². The van der Waals surface area contributed by atoms with Gasteiger partial charge in [0.05, 0.1) is 6.61 Å². The molecule has 0 saturated carbocycles. The number of nitrogens with one attached hydrogen (secondary N) is 1. The molecule has 0 aromatic carbocycles. The van der Waals surface area contributed by atoms with Crippen molar-refractivity contribution in [1.82, 2.24) is 10.2 Å². The smallest absolute Gasteiger partial charge is 0.0581 e. The minimum Gasteiger partial charge on any atom is -0.395 e. The first-order valence-corrected chi connectivity index (χ1v) is 4.89. The number of likely N-dealkylation sites (tertiary alicyclic amines) is 1. The van der Waals surface area contributed by atoms with Crippen LogP contribution >= 0.6 is 0 Å². The zero-order valence-electron chi connectivity index (χ0n) is 7.92. The van der Waals surface area contributed by atoms with Crippen molar-refractivity contribution in [2.45, 2.75) is 25.8 Å². The summed E-state index contributed by atoms with van der Waals surface area (Å²) in [6.45, 7) is 6.89.